The van der Waals surface area contributed by atoms with E-state index < -0.39 is 13.0 Å². The first-order valence-electron chi connectivity index (χ1n) is 3.55. The van der Waals surface area contributed by atoms with Gasteiger partial charge < -0.3 is 4.57 Å². The molecule has 0 amide bonds. The molecule has 66 valence electrons. The zero-order valence-electron chi connectivity index (χ0n) is 6.63. The first-order chi connectivity index (χ1) is 5.59. The first-order valence-corrected chi connectivity index (χ1v) is 3.55. The van der Waals surface area contributed by atoms with E-state index in [1.54, 1.807) is 13.0 Å². The number of aryl methyl sites for hydroxylation is 1. The lowest BCUT2D eigenvalue weighted by atomic mass is 10.3. The molecule has 1 rings (SSSR count). The molecule has 0 radical (unpaired) electrons. The van der Waals surface area contributed by atoms with Crippen LogP contribution in [0.15, 0.2) is 23.1 Å². The van der Waals surface area contributed by atoms with E-state index in [1.807, 2.05) is 0 Å². The lowest BCUT2D eigenvalue weighted by Crippen LogP contribution is -2.21. The van der Waals surface area contributed by atoms with E-state index in [0.29, 0.717) is 0 Å². The van der Waals surface area contributed by atoms with Crippen molar-refractivity contribution < 1.29 is 8.78 Å². The van der Waals surface area contributed by atoms with Gasteiger partial charge in [0.15, 0.2) is 0 Å². The van der Waals surface area contributed by atoms with Crippen molar-refractivity contribution in [2.75, 3.05) is 0 Å². The SMILES string of the molecule is Cc1ccc(=O)n(CC(F)F)c1. The van der Waals surface area contributed by atoms with Crippen molar-refractivity contribution in [1.82, 2.24) is 4.57 Å². The monoisotopic (exact) mass is 173 g/mol. The highest BCUT2D eigenvalue weighted by atomic mass is 19.3. The molecule has 0 saturated carbocycles. The highest BCUT2D eigenvalue weighted by Gasteiger charge is 2.04. The fourth-order valence-corrected chi connectivity index (χ4v) is 0.942. The number of halogens is 2. The molecule has 4 heteroatoms. The summed E-state index contributed by atoms with van der Waals surface area (Å²) in [6.07, 6.45) is -1.06. The zero-order valence-corrected chi connectivity index (χ0v) is 6.63. The van der Waals surface area contributed by atoms with Crippen LogP contribution in [-0.2, 0) is 6.54 Å². The second-order valence-electron chi connectivity index (χ2n) is 2.59. The number of nitrogens with zero attached hydrogens (tertiary/aromatic N) is 1. The fourth-order valence-electron chi connectivity index (χ4n) is 0.942. The minimum absolute atomic E-state index is 0.388. The normalized spacial score (nSPS) is 10.7. The maximum absolute atomic E-state index is 11.9. The molecule has 0 N–H and O–H groups in total. The molecule has 0 aliphatic heterocycles. The molecule has 0 atom stereocenters. The van der Waals surface area contributed by atoms with Gasteiger partial charge in [0.1, 0.15) is 0 Å². The van der Waals surface area contributed by atoms with Crippen LogP contribution in [0.3, 0.4) is 0 Å². The molecule has 1 heterocycles. The number of alkyl halides is 2. The van der Waals surface area contributed by atoms with Gasteiger partial charge >= 0.3 is 0 Å². The van der Waals surface area contributed by atoms with Crippen LogP contribution in [0.2, 0.25) is 0 Å². The molecule has 0 saturated heterocycles. The maximum atomic E-state index is 11.9. The van der Waals surface area contributed by atoms with E-state index in [1.165, 1.54) is 12.3 Å². The Morgan fingerprint density at radius 2 is 2.17 bits per heavy atom. The largest absolute Gasteiger partial charge is 0.310 e. The number of aromatic nitrogens is 1. The molecule has 2 nitrogen and oxygen atoms in total. The number of hydrogen-bond donors (Lipinski definition) is 0. The second-order valence-corrected chi connectivity index (χ2v) is 2.59. The van der Waals surface area contributed by atoms with Crippen LogP contribution in [0.5, 0.6) is 0 Å². The third-order valence-corrected chi connectivity index (χ3v) is 1.47. The average molecular weight is 173 g/mol. The van der Waals surface area contributed by atoms with Crippen molar-refractivity contribution in [2.24, 2.45) is 0 Å². The topological polar surface area (TPSA) is 22.0 Å². The Morgan fingerprint density at radius 1 is 1.50 bits per heavy atom. The van der Waals surface area contributed by atoms with Gasteiger partial charge in [0.05, 0.1) is 6.54 Å². The van der Waals surface area contributed by atoms with Crippen molar-refractivity contribution in [2.45, 2.75) is 19.9 Å². The molecule has 0 bridgehead atoms. The minimum atomic E-state index is -2.48. The molecular weight excluding hydrogens is 164 g/mol. The average Bonchev–Trinajstić information content (AvgIpc) is 1.96. The van der Waals surface area contributed by atoms with Crippen molar-refractivity contribution in [3.63, 3.8) is 0 Å². The quantitative estimate of drug-likeness (QED) is 0.663. The van der Waals surface area contributed by atoms with Gasteiger partial charge in [-0.2, -0.15) is 0 Å². The van der Waals surface area contributed by atoms with Crippen LogP contribution in [0.1, 0.15) is 5.56 Å². The summed E-state index contributed by atoms with van der Waals surface area (Å²) in [5.74, 6) is 0. The van der Waals surface area contributed by atoms with Gasteiger partial charge in [-0.05, 0) is 12.5 Å². The van der Waals surface area contributed by atoms with Gasteiger partial charge in [0.2, 0.25) is 0 Å². The minimum Gasteiger partial charge on any atom is -0.310 e. The number of hydrogen-bond acceptors (Lipinski definition) is 1. The zero-order chi connectivity index (χ0) is 9.14. The highest BCUT2D eigenvalue weighted by molar-refractivity contribution is 5.07. The summed E-state index contributed by atoms with van der Waals surface area (Å²) in [7, 11) is 0. The maximum Gasteiger partial charge on any atom is 0.256 e. The van der Waals surface area contributed by atoms with Gasteiger partial charge in [-0.15, -0.1) is 0 Å². The lowest BCUT2D eigenvalue weighted by molar-refractivity contribution is 0.125. The van der Waals surface area contributed by atoms with Crippen LogP contribution >= 0.6 is 0 Å². The highest BCUT2D eigenvalue weighted by Crippen LogP contribution is 1.97. The summed E-state index contributed by atoms with van der Waals surface area (Å²) in [6.45, 7) is 1.22. The Morgan fingerprint density at radius 3 is 2.75 bits per heavy atom. The van der Waals surface area contributed by atoms with E-state index in [9.17, 15) is 13.6 Å². The van der Waals surface area contributed by atoms with Crippen LogP contribution in [0.4, 0.5) is 8.78 Å². The number of pyridine rings is 1. The van der Waals surface area contributed by atoms with E-state index in [-0.39, 0.29) is 5.56 Å². The van der Waals surface area contributed by atoms with Gasteiger partial charge in [-0.1, -0.05) is 6.07 Å². The summed E-state index contributed by atoms with van der Waals surface area (Å²) in [5.41, 5.74) is 0.413. The Bertz CT molecular complexity index is 319. The van der Waals surface area contributed by atoms with Gasteiger partial charge in [-0.3, -0.25) is 4.79 Å². The lowest BCUT2D eigenvalue weighted by Gasteiger charge is -2.04. The summed E-state index contributed by atoms with van der Waals surface area (Å²) in [4.78, 5) is 10.9. The smallest absolute Gasteiger partial charge is 0.256 e. The second kappa shape index (κ2) is 3.47. The first kappa shape index (κ1) is 8.90. The fraction of sp³-hybridized carbons (Fsp3) is 0.375. The predicted octanol–water partition coefficient (Wildman–Crippen LogP) is 1.42. The van der Waals surface area contributed by atoms with Crippen molar-refractivity contribution in [3.8, 4) is 0 Å². The summed E-state index contributed by atoms with van der Waals surface area (Å²) >= 11 is 0. The molecule has 0 spiro atoms. The molecule has 0 aliphatic rings. The molecule has 0 aromatic carbocycles. The van der Waals surface area contributed by atoms with E-state index in [4.69, 9.17) is 0 Å². The summed E-state index contributed by atoms with van der Waals surface area (Å²) in [6, 6.07) is 2.89. The Balaban J connectivity index is 2.98. The molecule has 1 aromatic heterocycles. The Labute approximate surface area is 68.4 Å². The van der Waals surface area contributed by atoms with Gasteiger partial charge in [0.25, 0.3) is 12.0 Å². The Kier molecular flexibility index (Phi) is 2.58. The van der Waals surface area contributed by atoms with E-state index >= 15 is 0 Å². The van der Waals surface area contributed by atoms with Crippen LogP contribution in [0.25, 0.3) is 0 Å². The molecule has 0 aliphatic carbocycles. The number of rotatable bonds is 2. The molecular formula is C8H9F2NO. The third kappa shape index (κ3) is 2.15. The molecule has 1 aromatic rings. The third-order valence-electron chi connectivity index (χ3n) is 1.47. The summed E-state index contributed by atoms with van der Waals surface area (Å²) < 4.78 is 24.8. The van der Waals surface area contributed by atoms with Crippen molar-refractivity contribution >= 4 is 0 Å². The molecule has 12 heavy (non-hydrogen) atoms. The summed E-state index contributed by atoms with van der Waals surface area (Å²) in [5, 5.41) is 0. The van der Waals surface area contributed by atoms with Crippen LogP contribution < -0.4 is 5.56 Å². The van der Waals surface area contributed by atoms with Crippen LogP contribution in [-0.4, -0.2) is 11.0 Å². The van der Waals surface area contributed by atoms with Gasteiger partial charge in [0, 0.05) is 12.3 Å². The Hall–Kier alpha value is -1.19. The molecule has 0 fully saturated rings. The molecule has 0 unspecified atom stereocenters. The van der Waals surface area contributed by atoms with Crippen molar-refractivity contribution in [1.29, 1.82) is 0 Å². The van der Waals surface area contributed by atoms with Crippen molar-refractivity contribution in [3.05, 3.63) is 34.2 Å². The van der Waals surface area contributed by atoms with Crippen LogP contribution in [0, 0.1) is 6.92 Å². The standard InChI is InChI=1S/C8H9F2NO/c1-6-2-3-8(12)11(4-6)5-7(9)10/h2-4,7H,5H2,1H3. The predicted molar refractivity (Wildman–Crippen MR) is 41.4 cm³/mol. The van der Waals surface area contributed by atoms with E-state index in [2.05, 4.69) is 0 Å². The van der Waals surface area contributed by atoms with Gasteiger partial charge in [-0.25, -0.2) is 8.78 Å². The van der Waals surface area contributed by atoms with E-state index in [0.717, 1.165) is 10.1 Å².